The van der Waals surface area contributed by atoms with Crippen molar-refractivity contribution in [1.82, 2.24) is 0 Å². The van der Waals surface area contributed by atoms with Gasteiger partial charge in [-0.2, -0.15) is 0 Å². The zero-order chi connectivity index (χ0) is 9.03. The summed E-state index contributed by atoms with van der Waals surface area (Å²) in [5, 5.41) is -0.0382. The number of hydrogen-bond donors (Lipinski definition) is 0. The summed E-state index contributed by atoms with van der Waals surface area (Å²) in [7, 11) is 2.22. The fraction of sp³-hybridized carbons (Fsp3) is 1.00. The molecule has 67 valence electrons. The number of halogens is 1. The van der Waals surface area contributed by atoms with E-state index in [-0.39, 0.29) is 5.21 Å². The molecule has 0 bridgehead atoms. The van der Waals surface area contributed by atoms with Gasteiger partial charge in [-0.1, -0.05) is 45.9 Å². The second-order valence-electron chi connectivity index (χ2n) is 3.93. The van der Waals surface area contributed by atoms with Gasteiger partial charge in [0.2, 0.25) is 0 Å². The molecule has 0 N–H and O–H groups in total. The number of rotatable bonds is 4. The summed E-state index contributed by atoms with van der Waals surface area (Å²) in [5.74, 6) is 0. The predicted molar refractivity (Wildman–Crippen MR) is 54.7 cm³/mol. The molecule has 0 aromatic rings. The van der Waals surface area contributed by atoms with Crippen LogP contribution in [0.5, 0.6) is 0 Å². The Morgan fingerprint density at radius 2 is 1.92 bits per heavy atom. The highest BCUT2D eigenvalue weighted by Gasteiger charge is 2.43. The van der Waals surface area contributed by atoms with Crippen LogP contribution >= 0.6 is 0 Å². The SMILES string of the molecule is CC[B]C1(B(F)CC)CCCC1. The first kappa shape index (κ1) is 10.1. The lowest BCUT2D eigenvalue weighted by Crippen LogP contribution is -2.31. The van der Waals surface area contributed by atoms with Crippen LogP contribution in [0.2, 0.25) is 17.9 Å². The lowest BCUT2D eigenvalue weighted by Gasteiger charge is -2.28. The lowest BCUT2D eigenvalue weighted by molar-refractivity contribution is 0.664. The fourth-order valence-electron chi connectivity index (χ4n) is 2.49. The average molecular weight is 167 g/mol. The van der Waals surface area contributed by atoms with E-state index in [9.17, 15) is 4.32 Å². The van der Waals surface area contributed by atoms with Gasteiger partial charge >= 0.3 is 6.99 Å². The summed E-state index contributed by atoms with van der Waals surface area (Å²) in [4.78, 5) is 0. The highest BCUT2D eigenvalue weighted by Crippen LogP contribution is 2.48. The zero-order valence-electron chi connectivity index (χ0n) is 8.28. The first-order valence-corrected chi connectivity index (χ1v) is 5.23. The van der Waals surface area contributed by atoms with Gasteiger partial charge in [0.15, 0.2) is 0 Å². The van der Waals surface area contributed by atoms with E-state index in [0.29, 0.717) is 6.32 Å². The Hall–Kier alpha value is 0.0599. The first-order chi connectivity index (χ1) is 5.75. The van der Waals surface area contributed by atoms with E-state index >= 15 is 0 Å². The minimum absolute atomic E-state index is 0.0382. The highest BCUT2D eigenvalue weighted by atomic mass is 19.1. The maximum absolute atomic E-state index is 13.6. The van der Waals surface area contributed by atoms with Crippen LogP contribution in [0.25, 0.3) is 0 Å². The first-order valence-electron chi connectivity index (χ1n) is 5.23. The van der Waals surface area contributed by atoms with Gasteiger partial charge in [-0.15, -0.1) is 0 Å². The molecule has 1 radical (unpaired) electrons. The molecule has 1 fully saturated rings. The van der Waals surface area contributed by atoms with Crippen LogP contribution in [-0.2, 0) is 0 Å². The van der Waals surface area contributed by atoms with Gasteiger partial charge < -0.3 is 4.32 Å². The van der Waals surface area contributed by atoms with Gasteiger partial charge in [-0.3, -0.25) is 0 Å². The molecule has 0 amide bonds. The minimum atomic E-state index is -0.597. The molecule has 0 aromatic heterocycles. The summed E-state index contributed by atoms with van der Waals surface area (Å²) < 4.78 is 13.6. The second kappa shape index (κ2) is 4.34. The van der Waals surface area contributed by atoms with Crippen molar-refractivity contribution >= 4 is 14.3 Å². The Morgan fingerprint density at radius 3 is 2.33 bits per heavy atom. The van der Waals surface area contributed by atoms with Gasteiger partial charge in [0, 0.05) is 0 Å². The maximum Gasteiger partial charge on any atom is 0.346 e. The van der Waals surface area contributed by atoms with Crippen molar-refractivity contribution in [3.8, 4) is 0 Å². The molecular weight excluding hydrogens is 149 g/mol. The van der Waals surface area contributed by atoms with E-state index < -0.39 is 6.99 Å². The van der Waals surface area contributed by atoms with Crippen molar-refractivity contribution in [3.05, 3.63) is 0 Å². The Kier molecular flexibility index (Phi) is 3.67. The monoisotopic (exact) mass is 167 g/mol. The zero-order valence-corrected chi connectivity index (χ0v) is 8.28. The Balaban J connectivity index is 2.57. The van der Waals surface area contributed by atoms with Crippen LogP contribution in [0.15, 0.2) is 0 Å². The molecular formula is C9H18B2F. The topological polar surface area (TPSA) is 0 Å². The molecule has 0 nitrogen and oxygen atoms in total. The normalized spacial score (nSPS) is 20.9. The van der Waals surface area contributed by atoms with Crippen molar-refractivity contribution in [2.24, 2.45) is 0 Å². The van der Waals surface area contributed by atoms with Crippen LogP contribution in [0, 0.1) is 0 Å². The molecule has 1 saturated carbocycles. The largest absolute Gasteiger partial charge is 0.346 e. The molecule has 12 heavy (non-hydrogen) atoms. The molecule has 1 aliphatic carbocycles. The van der Waals surface area contributed by atoms with Gasteiger partial charge in [0.05, 0.1) is 0 Å². The Morgan fingerprint density at radius 1 is 1.33 bits per heavy atom. The fourth-order valence-corrected chi connectivity index (χ4v) is 2.49. The molecule has 0 aliphatic heterocycles. The van der Waals surface area contributed by atoms with E-state index in [4.69, 9.17) is 0 Å². The van der Waals surface area contributed by atoms with Crippen molar-refractivity contribution in [3.63, 3.8) is 0 Å². The molecule has 0 unspecified atom stereocenters. The van der Waals surface area contributed by atoms with Gasteiger partial charge in [-0.25, -0.2) is 0 Å². The smallest absolute Gasteiger partial charge is 0.336 e. The summed E-state index contributed by atoms with van der Waals surface area (Å²) in [6.07, 6.45) is 6.29. The summed E-state index contributed by atoms with van der Waals surface area (Å²) in [6.45, 7) is 3.47. The lowest BCUT2D eigenvalue weighted by atomic mass is 9.29. The predicted octanol–water partition coefficient (Wildman–Crippen LogP) is 3.38. The Bertz CT molecular complexity index is 132. The standard InChI is InChI=1S/C9H18B2F/c1-3-10-9(11(12)4-2)7-5-6-8-9/h3-8H2,1-2H3. The van der Waals surface area contributed by atoms with E-state index in [1.807, 2.05) is 6.92 Å². The third-order valence-corrected chi connectivity index (χ3v) is 3.13. The van der Waals surface area contributed by atoms with E-state index in [2.05, 4.69) is 14.2 Å². The Labute approximate surface area is 76.7 Å². The van der Waals surface area contributed by atoms with Gasteiger partial charge in [-0.05, 0) is 11.5 Å². The van der Waals surface area contributed by atoms with Crippen molar-refractivity contribution in [2.75, 3.05) is 0 Å². The van der Waals surface area contributed by atoms with E-state index in [1.165, 1.54) is 12.8 Å². The minimum Gasteiger partial charge on any atom is -0.336 e. The van der Waals surface area contributed by atoms with Crippen LogP contribution < -0.4 is 0 Å². The maximum atomic E-state index is 13.6. The van der Waals surface area contributed by atoms with Crippen LogP contribution in [0.1, 0.15) is 39.5 Å². The number of hydrogen-bond acceptors (Lipinski definition) is 0. The molecule has 0 spiro atoms. The van der Waals surface area contributed by atoms with Crippen molar-refractivity contribution in [1.29, 1.82) is 0 Å². The summed E-state index contributed by atoms with van der Waals surface area (Å²) >= 11 is 0. The third kappa shape index (κ3) is 1.86. The quantitative estimate of drug-likeness (QED) is 0.562. The summed E-state index contributed by atoms with van der Waals surface area (Å²) in [5.41, 5.74) is 0. The molecule has 1 aliphatic rings. The summed E-state index contributed by atoms with van der Waals surface area (Å²) in [6, 6.07) is 0. The second-order valence-corrected chi connectivity index (χ2v) is 3.93. The molecule has 3 heteroatoms. The van der Waals surface area contributed by atoms with Gasteiger partial charge in [0.1, 0.15) is 7.28 Å². The van der Waals surface area contributed by atoms with Crippen molar-refractivity contribution in [2.45, 2.75) is 57.4 Å². The molecule has 0 aromatic carbocycles. The van der Waals surface area contributed by atoms with Crippen LogP contribution in [0.3, 0.4) is 0 Å². The highest BCUT2D eigenvalue weighted by molar-refractivity contribution is 6.70. The molecule has 1 rings (SSSR count). The van der Waals surface area contributed by atoms with Crippen LogP contribution in [0.4, 0.5) is 4.32 Å². The van der Waals surface area contributed by atoms with Crippen LogP contribution in [-0.4, -0.2) is 14.3 Å². The third-order valence-electron chi connectivity index (χ3n) is 3.13. The molecule has 0 saturated heterocycles. The molecule has 0 atom stereocenters. The van der Waals surface area contributed by atoms with E-state index in [0.717, 1.165) is 19.2 Å². The average Bonchev–Trinajstić information content (AvgIpc) is 2.53. The van der Waals surface area contributed by atoms with E-state index in [1.54, 1.807) is 0 Å². The molecule has 0 heterocycles. The van der Waals surface area contributed by atoms with Crippen molar-refractivity contribution < 1.29 is 4.32 Å². The van der Waals surface area contributed by atoms with Gasteiger partial charge in [0.25, 0.3) is 0 Å².